The topological polar surface area (TPSA) is 87.4 Å². The maximum atomic E-state index is 12.2. The molecule has 0 atom stereocenters. The van der Waals surface area contributed by atoms with Gasteiger partial charge in [-0.2, -0.15) is 0 Å². The lowest BCUT2D eigenvalue weighted by Gasteiger charge is -2.14. The summed E-state index contributed by atoms with van der Waals surface area (Å²) in [6.45, 7) is 5.56. The molecule has 0 aliphatic rings. The van der Waals surface area contributed by atoms with E-state index in [4.69, 9.17) is 5.14 Å². The number of carbonyl (C=O) groups is 1. The van der Waals surface area contributed by atoms with E-state index in [0.29, 0.717) is 16.9 Å². The third-order valence-corrected chi connectivity index (χ3v) is 3.84. The summed E-state index contributed by atoms with van der Waals surface area (Å²) in [6, 6.07) is 11.7. The molecule has 0 aliphatic carbocycles. The Morgan fingerprint density at radius 2 is 2.08 bits per heavy atom. The van der Waals surface area contributed by atoms with Gasteiger partial charge in [-0.05, 0) is 54.8 Å². The van der Waals surface area contributed by atoms with Crippen molar-refractivity contribution in [1.29, 1.82) is 0 Å². The van der Waals surface area contributed by atoms with Crippen molar-refractivity contribution in [2.75, 3.05) is 5.32 Å². The summed E-state index contributed by atoms with van der Waals surface area (Å²) in [7, 11) is 0. The van der Waals surface area contributed by atoms with Crippen molar-refractivity contribution >= 4 is 35.4 Å². The molecule has 0 heterocycles. The van der Waals surface area contributed by atoms with Crippen LogP contribution in [0.2, 0.25) is 0 Å². The van der Waals surface area contributed by atoms with Crippen LogP contribution in [0.3, 0.4) is 0 Å². The van der Waals surface area contributed by atoms with Gasteiger partial charge in [0.1, 0.15) is 5.75 Å². The molecule has 0 saturated heterocycles. The Kier molecular flexibility index (Phi) is 6.06. The third-order valence-electron chi connectivity index (χ3n) is 3.31. The predicted octanol–water partition coefficient (Wildman–Crippen LogP) is 4.18. The van der Waals surface area contributed by atoms with Crippen LogP contribution < -0.4 is 15.8 Å². The minimum atomic E-state index is -0.388. The minimum absolute atomic E-state index is 0.116. The Labute approximate surface area is 145 Å². The van der Waals surface area contributed by atoms with Gasteiger partial charge in [0.05, 0.1) is 0 Å². The zero-order valence-corrected chi connectivity index (χ0v) is 14.1. The molecule has 0 bridgehead atoms. The lowest BCUT2D eigenvalue weighted by Crippen LogP contribution is -2.27. The molecule has 0 fully saturated rings. The summed E-state index contributed by atoms with van der Waals surface area (Å²) in [6.07, 6.45) is 3.42. The van der Waals surface area contributed by atoms with Crippen molar-refractivity contribution < 1.29 is 9.90 Å². The fourth-order valence-electron chi connectivity index (χ4n) is 2.18. The van der Waals surface area contributed by atoms with Gasteiger partial charge in [0.15, 0.2) is 0 Å². The number of aromatic hydroxyl groups is 1. The van der Waals surface area contributed by atoms with E-state index in [1.54, 1.807) is 49.4 Å². The first kappa shape index (κ1) is 17.7. The van der Waals surface area contributed by atoms with Gasteiger partial charge in [-0.1, -0.05) is 30.9 Å². The molecule has 5 nitrogen and oxygen atoms in total. The molecule has 24 heavy (non-hydrogen) atoms. The molecule has 0 unspecified atom stereocenters. The Morgan fingerprint density at radius 3 is 2.75 bits per heavy atom. The fraction of sp³-hybridized carbons (Fsp3) is 0.0556. The third kappa shape index (κ3) is 4.41. The van der Waals surface area contributed by atoms with E-state index >= 15 is 0 Å². The lowest BCUT2D eigenvalue weighted by atomic mass is 10.0. The molecule has 0 saturated carbocycles. The number of carbonyl (C=O) groups excluding carboxylic acids is 1. The van der Waals surface area contributed by atoms with E-state index in [9.17, 15) is 9.90 Å². The molecular formula is C18H19N3O2S. The van der Waals surface area contributed by atoms with Gasteiger partial charge in [0.25, 0.3) is 0 Å². The molecule has 2 rings (SSSR count). The van der Waals surface area contributed by atoms with E-state index < -0.39 is 0 Å². The molecule has 0 aromatic heterocycles. The van der Waals surface area contributed by atoms with Gasteiger partial charge in [0.2, 0.25) is 0 Å². The van der Waals surface area contributed by atoms with Crippen LogP contribution in [0.4, 0.5) is 10.5 Å². The molecule has 2 aromatic carbocycles. The first-order valence-electron chi connectivity index (χ1n) is 7.24. The highest BCUT2D eigenvalue weighted by atomic mass is 32.2. The van der Waals surface area contributed by atoms with Crippen LogP contribution in [0, 0.1) is 0 Å². The highest BCUT2D eigenvalue weighted by Gasteiger charge is 2.10. The number of hydrogen-bond donors (Lipinski definition) is 4. The van der Waals surface area contributed by atoms with Crippen LogP contribution in [0.1, 0.15) is 18.1 Å². The van der Waals surface area contributed by atoms with Gasteiger partial charge in [0, 0.05) is 21.8 Å². The molecule has 0 spiro atoms. The monoisotopic (exact) mass is 341 g/mol. The van der Waals surface area contributed by atoms with Crippen LogP contribution in [0.5, 0.6) is 5.75 Å². The van der Waals surface area contributed by atoms with Crippen molar-refractivity contribution in [2.45, 2.75) is 11.8 Å². The summed E-state index contributed by atoms with van der Waals surface area (Å²) < 4.78 is 0. The average molecular weight is 341 g/mol. The minimum Gasteiger partial charge on any atom is -0.508 e. The van der Waals surface area contributed by atoms with Crippen LogP contribution in [-0.4, -0.2) is 11.1 Å². The van der Waals surface area contributed by atoms with Crippen LogP contribution >= 0.6 is 11.9 Å². The summed E-state index contributed by atoms with van der Waals surface area (Å²) >= 11 is 1.11. The van der Waals surface area contributed by atoms with E-state index in [1.165, 1.54) is 0 Å². The van der Waals surface area contributed by atoms with Crippen molar-refractivity contribution in [3.8, 4) is 5.75 Å². The maximum absolute atomic E-state index is 12.2. The second kappa shape index (κ2) is 8.24. The number of phenolic OH excluding ortho intramolecular Hbond substituents is 1. The van der Waals surface area contributed by atoms with Crippen LogP contribution in [-0.2, 0) is 0 Å². The first-order valence-corrected chi connectivity index (χ1v) is 8.12. The number of allylic oxidation sites excluding steroid dienone is 1. The van der Waals surface area contributed by atoms with E-state index in [-0.39, 0.29) is 11.8 Å². The van der Waals surface area contributed by atoms with Gasteiger partial charge < -0.3 is 15.7 Å². The summed E-state index contributed by atoms with van der Waals surface area (Å²) in [5.74, 6) is 0.116. The molecule has 0 radical (unpaired) electrons. The molecule has 0 aliphatic heterocycles. The standard InChI is InChI=1S/C18H19N3O2S/c1-3-12-8-9-14(22)11-16(12)17(4-2)21-18(23)20-13-6-5-7-15(10-13)24-19/h3-11,22H,1,19H2,2H3,(H2,20,21,23)/b17-4+. The molecule has 2 aromatic rings. The number of benzene rings is 2. The Morgan fingerprint density at radius 1 is 1.29 bits per heavy atom. The second-order valence-corrected chi connectivity index (χ2v) is 5.61. The van der Waals surface area contributed by atoms with E-state index in [2.05, 4.69) is 17.2 Å². The van der Waals surface area contributed by atoms with Gasteiger partial charge in [-0.3, -0.25) is 5.14 Å². The zero-order chi connectivity index (χ0) is 17.5. The molecule has 5 N–H and O–H groups in total. The number of phenols is 1. The Balaban J connectivity index is 2.17. The van der Waals surface area contributed by atoms with E-state index in [1.807, 2.05) is 12.1 Å². The van der Waals surface area contributed by atoms with Crippen molar-refractivity contribution in [3.05, 3.63) is 66.2 Å². The quantitative estimate of drug-likeness (QED) is 0.614. The number of amides is 2. The van der Waals surface area contributed by atoms with Gasteiger partial charge in [-0.25, -0.2) is 4.79 Å². The van der Waals surface area contributed by atoms with Crippen molar-refractivity contribution in [2.24, 2.45) is 5.14 Å². The average Bonchev–Trinajstić information content (AvgIpc) is 2.59. The largest absolute Gasteiger partial charge is 0.508 e. The predicted molar refractivity (Wildman–Crippen MR) is 100 cm³/mol. The number of anilines is 1. The lowest BCUT2D eigenvalue weighted by molar-refractivity contribution is 0.255. The van der Waals surface area contributed by atoms with Gasteiger partial charge >= 0.3 is 6.03 Å². The molecule has 124 valence electrons. The first-order chi connectivity index (χ1) is 11.6. The van der Waals surface area contributed by atoms with Gasteiger partial charge in [-0.15, -0.1) is 0 Å². The number of hydrogen-bond acceptors (Lipinski definition) is 4. The van der Waals surface area contributed by atoms with Crippen molar-refractivity contribution in [1.82, 2.24) is 5.32 Å². The number of urea groups is 1. The SMILES string of the molecule is C=Cc1ccc(O)cc1/C(=C\C)NC(=O)Nc1cccc(SN)c1. The highest BCUT2D eigenvalue weighted by molar-refractivity contribution is 7.97. The number of nitrogens with one attached hydrogen (secondary N) is 2. The van der Waals surface area contributed by atoms with E-state index in [0.717, 1.165) is 22.4 Å². The van der Waals surface area contributed by atoms with Crippen molar-refractivity contribution in [3.63, 3.8) is 0 Å². The zero-order valence-electron chi connectivity index (χ0n) is 13.2. The summed E-state index contributed by atoms with van der Waals surface area (Å²) in [5, 5.41) is 20.8. The summed E-state index contributed by atoms with van der Waals surface area (Å²) in [4.78, 5) is 13.1. The molecular weight excluding hydrogens is 322 g/mol. The second-order valence-electron chi connectivity index (χ2n) is 4.90. The highest BCUT2D eigenvalue weighted by Crippen LogP contribution is 2.24. The smallest absolute Gasteiger partial charge is 0.323 e. The molecule has 6 heteroatoms. The Bertz CT molecular complexity index is 788. The number of rotatable bonds is 5. The number of nitrogens with two attached hydrogens (primary N) is 1. The Hall–Kier alpha value is -2.70. The summed E-state index contributed by atoms with van der Waals surface area (Å²) in [5.41, 5.74) is 2.71. The maximum Gasteiger partial charge on any atom is 0.323 e. The fourth-order valence-corrected chi connectivity index (χ4v) is 2.53. The van der Waals surface area contributed by atoms with Crippen LogP contribution in [0.25, 0.3) is 11.8 Å². The van der Waals surface area contributed by atoms with Crippen LogP contribution in [0.15, 0.2) is 60.0 Å². The molecule has 2 amide bonds. The normalized spacial score (nSPS) is 11.0.